The number of rotatable bonds is 3. The number of amides is 2. The summed E-state index contributed by atoms with van der Waals surface area (Å²) in [5, 5.41) is 17.1. The van der Waals surface area contributed by atoms with Crippen molar-refractivity contribution in [3.8, 4) is 5.75 Å². The number of oxime groups is 1. The summed E-state index contributed by atoms with van der Waals surface area (Å²) in [5.41, 5.74) is -2.70. The first-order valence-corrected chi connectivity index (χ1v) is 11.4. The van der Waals surface area contributed by atoms with Gasteiger partial charge in [-0.2, -0.15) is 0 Å². The summed E-state index contributed by atoms with van der Waals surface area (Å²) in [4.78, 5) is 46.3. The number of halogens is 2. The van der Waals surface area contributed by atoms with Crippen LogP contribution in [0.2, 0.25) is 0 Å². The highest BCUT2D eigenvalue weighted by molar-refractivity contribution is 5.99. The average molecular weight is 502 g/mol. The van der Waals surface area contributed by atoms with Crippen LogP contribution < -0.4 is 10.7 Å². The van der Waals surface area contributed by atoms with Crippen LogP contribution >= 0.6 is 0 Å². The zero-order valence-corrected chi connectivity index (χ0v) is 19.6. The van der Waals surface area contributed by atoms with E-state index in [0.29, 0.717) is 37.3 Å². The molecule has 12 heteroatoms. The topological polar surface area (TPSA) is 122 Å². The van der Waals surface area contributed by atoms with Crippen LogP contribution in [0.4, 0.5) is 8.78 Å². The largest absolute Gasteiger partial charge is 0.503 e. The van der Waals surface area contributed by atoms with Gasteiger partial charge in [-0.1, -0.05) is 5.16 Å². The third kappa shape index (κ3) is 3.67. The van der Waals surface area contributed by atoms with Gasteiger partial charge < -0.3 is 29.5 Å². The Morgan fingerprint density at radius 1 is 1.33 bits per heavy atom. The summed E-state index contributed by atoms with van der Waals surface area (Å²) in [6.07, 6.45) is 2.60. The maximum Gasteiger partial charge on any atom is 0.274 e. The first-order valence-electron chi connectivity index (χ1n) is 11.4. The standard InChI is InChI=1S/C24H24F2N4O6/c1-12-6-15(25)13(16(26)7-12)9-27-22(33)14-10-30-17-11-29(23(34)19(30)21(32)20(14)31)5-3-4-24(17)8-18(35-2)28-36-24/h6-7,10,17,32H,3-5,8-9,11H2,1-2H3,(H,27,33)/t17-,24+/m1/s1. The summed E-state index contributed by atoms with van der Waals surface area (Å²) in [5.74, 6) is -3.68. The zero-order valence-electron chi connectivity index (χ0n) is 19.6. The van der Waals surface area contributed by atoms with E-state index in [1.54, 1.807) is 0 Å². The molecule has 5 rings (SSSR count). The summed E-state index contributed by atoms with van der Waals surface area (Å²) in [6.45, 7) is 1.61. The van der Waals surface area contributed by atoms with Crippen molar-refractivity contribution in [2.75, 3.05) is 20.2 Å². The van der Waals surface area contributed by atoms with Gasteiger partial charge in [0, 0.05) is 31.4 Å². The molecule has 36 heavy (non-hydrogen) atoms. The number of benzene rings is 1. The Hall–Kier alpha value is -3.96. The van der Waals surface area contributed by atoms with E-state index in [1.165, 1.54) is 29.7 Å². The molecule has 3 aliphatic rings. The number of fused-ring (bicyclic) bond motifs is 5. The average Bonchev–Trinajstić information content (AvgIpc) is 3.17. The number of aromatic nitrogens is 1. The van der Waals surface area contributed by atoms with E-state index in [0.717, 1.165) is 12.1 Å². The minimum absolute atomic E-state index is 0.210. The van der Waals surface area contributed by atoms with Crippen molar-refractivity contribution in [2.45, 2.75) is 44.4 Å². The van der Waals surface area contributed by atoms with Gasteiger partial charge in [0.25, 0.3) is 11.8 Å². The second-order valence-electron chi connectivity index (χ2n) is 9.26. The molecule has 4 heterocycles. The summed E-state index contributed by atoms with van der Waals surface area (Å²) in [7, 11) is 1.47. The lowest BCUT2D eigenvalue weighted by Crippen LogP contribution is -2.51. The SMILES string of the molecule is COC1=NO[C@@]2(CCCN3C[C@H]2n2cc(C(=O)NCc4c(F)cc(C)cc4F)c(=O)c(O)c2C3=O)C1. The van der Waals surface area contributed by atoms with E-state index in [4.69, 9.17) is 9.57 Å². The number of methoxy groups -OCH3 is 1. The van der Waals surface area contributed by atoms with Gasteiger partial charge in [0.15, 0.2) is 17.0 Å². The first-order chi connectivity index (χ1) is 17.1. The van der Waals surface area contributed by atoms with Crippen LogP contribution in [0, 0.1) is 18.6 Å². The molecule has 3 aliphatic heterocycles. The van der Waals surface area contributed by atoms with E-state index in [1.807, 2.05) is 0 Å². The Balaban J connectivity index is 1.53. The van der Waals surface area contributed by atoms with Gasteiger partial charge in [0.1, 0.15) is 17.2 Å². The van der Waals surface area contributed by atoms with E-state index < -0.39 is 58.4 Å². The van der Waals surface area contributed by atoms with Crippen LogP contribution in [0.15, 0.2) is 28.3 Å². The summed E-state index contributed by atoms with van der Waals surface area (Å²) in [6, 6.07) is 1.67. The molecule has 0 aliphatic carbocycles. The van der Waals surface area contributed by atoms with Gasteiger partial charge >= 0.3 is 0 Å². The number of hydrogen-bond acceptors (Lipinski definition) is 7. The molecule has 0 radical (unpaired) electrons. The fourth-order valence-corrected chi connectivity index (χ4v) is 5.16. The minimum atomic E-state index is -1.06. The molecular weight excluding hydrogens is 478 g/mol. The molecular formula is C24H24F2N4O6. The van der Waals surface area contributed by atoms with Gasteiger partial charge in [-0.3, -0.25) is 14.4 Å². The van der Waals surface area contributed by atoms with Crippen molar-refractivity contribution in [1.82, 2.24) is 14.8 Å². The van der Waals surface area contributed by atoms with E-state index >= 15 is 0 Å². The Labute approximate surface area is 204 Å². The van der Waals surface area contributed by atoms with E-state index in [-0.39, 0.29) is 17.8 Å². The van der Waals surface area contributed by atoms with Gasteiger partial charge in [0.2, 0.25) is 11.3 Å². The smallest absolute Gasteiger partial charge is 0.274 e. The third-order valence-electron chi connectivity index (χ3n) is 7.04. The lowest BCUT2D eigenvalue weighted by molar-refractivity contribution is -0.0655. The quantitative estimate of drug-likeness (QED) is 0.662. The molecule has 2 N–H and O–H groups in total. The number of nitrogens with one attached hydrogen (secondary N) is 1. The van der Waals surface area contributed by atoms with Gasteiger partial charge in [-0.15, -0.1) is 0 Å². The van der Waals surface area contributed by atoms with Crippen LogP contribution in [0.5, 0.6) is 5.75 Å². The molecule has 1 aromatic heterocycles. The van der Waals surface area contributed by atoms with Crippen LogP contribution in [0.1, 0.15) is 57.3 Å². The van der Waals surface area contributed by atoms with Crippen molar-refractivity contribution in [2.24, 2.45) is 5.16 Å². The highest BCUT2D eigenvalue weighted by Crippen LogP contribution is 2.45. The highest BCUT2D eigenvalue weighted by atomic mass is 19.1. The van der Waals surface area contributed by atoms with Gasteiger partial charge in [0.05, 0.1) is 19.6 Å². The normalized spacial score (nSPS) is 22.6. The van der Waals surface area contributed by atoms with Gasteiger partial charge in [-0.25, -0.2) is 8.78 Å². The lowest BCUT2D eigenvalue weighted by Gasteiger charge is -2.40. The van der Waals surface area contributed by atoms with Crippen molar-refractivity contribution in [3.05, 3.63) is 62.6 Å². The van der Waals surface area contributed by atoms with E-state index in [2.05, 4.69) is 10.5 Å². The molecule has 2 bridgehead atoms. The number of carbonyl (C=O) groups excluding carboxylic acids is 2. The predicted octanol–water partition coefficient (Wildman–Crippen LogP) is 1.98. The Bertz CT molecular complexity index is 1350. The number of pyridine rings is 1. The van der Waals surface area contributed by atoms with E-state index in [9.17, 15) is 28.3 Å². The van der Waals surface area contributed by atoms with Crippen LogP contribution in [-0.2, 0) is 16.1 Å². The monoisotopic (exact) mass is 502 g/mol. The molecule has 10 nitrogen and oxygen atoms in total. The molecule has 2 atom stereocenters. The van der Waals surface area contributed by atoms with Crippen LogP contribution in [0.3, 0.4) is 0 Å². The maximum atomic E-state index is 14.2. The lowest BCUT2D eigenvalue weighted by atomic mass is 9.85. The van der Waals surface area contributed by atoms with Crippen LogP contribution in [-0.4, -0.2) is 58.1 Å². The minimum Gasteiger partial charge on any atom is -0.503 e. The first kappa shape index (κ1) is 23.8. The Morgan fingerprint density at radius 3 is 2.72 bits per heavy atom. The summed E-state index contributed by atoms with van der Waals surface area (Å²) >= 11 is 0. The molecule has 1 aromatic carbocycles. The van der Waals surface area contributed by atoms with Crippen LogP contribution in [0.25, 0.3) is 0 Å². The second-order valence-corrected chi connectivity index (χ2v) is 9.26. The fourth-order valence-electron chi connectivity index (χ4n) is 5.16. The number of ether oxygens (including phenoxy) is 1. The number of aromatic hydroxyl groups is 1. The molecule has 0 unspecified atom stereocenters. The highest BCUT2D eigenvalue weighted by Gasteiger charge is 2.53. The molecule has 0 saturated carbocycles. The molecule has 2 amide bonds. The summed E-state index contributed by atoms with van der Waals surface area (Å²) < 4.78 is 35.0. The number of hydrogen-bond donors (Lipinski definition) is 2. The molecule has 190 valence electrons. The number of carbonyl (C=O) groups is 2. The fraction of sp³-hybridized carbons (Fsp3) is 0.417. The Morgan fingerprint density at radius 2 is 2.06 bits per heavy atom. The number of nitrogens with zero attached hydrogens (tertiary/aromatic N) is 3. The molecule has 1 saturated heterocycles. The van der Waals surface area contributed by atoms with Gasteiger partial charge in [-0.05, 0) is 37.5 Å². The zero-order chi connectivity index (χ0) is 25.8. The maximum absolute atomic E-state index is 14.2. The molecule has 1 fully saturated rings. The molecule has 2 aromatic rings. The third-order valence-corrected chi connectivity index (χ3v) is 7.04. The molecule has 1 spiro atoms. The number of aryl methyl sites for hydroxylation is 1. The van der Waals surface area contributed by atoms with Crippen molar-refractivity contribution in [3.63, 3.8) is 0 Å². The van der Waals surface area contributed by atoms with Crippen molar-refractivity contribution in [1.29, 1.82) is 0 Å². The van der Waals surface area contributed by atoms with Crippen molar-refractivity contribution >= 4 is 17.7 Å². The second kappa shape index (κ2) is 8.61. The predicted molar refractivity (Wildman–Crippen MR) is 122 cm³/mol. The Kier molecular flexibility index (Phi) is 5.68. The van der Waals surface area contributed by atoms with Crippen molar-refractivity contribution < 1.29 is 33.1 Å².